The number of aromatic nitrogens is 2. The molecule has 21 heavy (non-hydrogen) atoms. The molecule has 1 aromatic rings. The lowest BCUT2D eigenvalue weighted by molar-refractivity contribution is -0.122. The van der Waals surface area contributed by atoms with Crippen LogP contribution in [0.25, 0.3) is 0 Å². The SMILES string of the molecule is CCCCC(=O)CCCC(=O)COC(=O)c1ccncn1. The number of rotatable bonds is 10. The largest absolute Gasteiger partial charge is 0.453 e. The van der Waals surface area contributed by atoms with Crippen molar-refractivity contribution < 1.29 is 19.1 Å². The quantitative estimate of drug-likeness (QED) is 0.614. The zero-order valence-corrected chi connectivity index (χ0v) is 12.2. The first-order valence-electron chi connectivity index (χ1n) is 7.10. The summed E-state index contributed by atoms with van der Waals surface area (Å²) < 4.78 is 4.85. The van der Waals surface area contributed by atoms with Crippen LogP contribution in [0.2, 0.25) is 0 Å². The van der Waals surface area contributed by atoms with Crippen molar-refractivity contribution in [3.63, 3.8) is 0 Å². The monoisotopic (exact) mass is 292 g/mol. The Morgan fingerprint density at radius 2 is 1.81 bits per heavy atom. The van der Waals surface area contributed by atoms with Crippen molar-refractivity contribution in [1.82, 2.24) is 9.97 Å². The molecule has 0 bridgehead atoms. The molecule has 0 saturated heterocycles. The van der Waals surface area contributed by atoms with Gasteiger partial charge in [-0.25, -0.2) is 14.8 Å². The fourth-order valence-electron chi connectivity index (χ4n) is 1.69. The van der Waals surface area contributed by atoms with E-state index in [0.29, 0.717) is 19.3 Å². The number of hydrogen-bond donors (Lipinski definition) is 0. The molecule has 0 aromatic carbocycles. The van der Waals surface area contributed by atoms with Gasteiger partial charge in [-0.3, -0.25) is 9.59 Å². The first-order valence-corrected chi connectivity index (χ1v) is 7.10. The summed E-state index contributed by atoms with van der Waals surface area (Å²) in [5.74, 6) is -0.659. The van der Waals surface area contributed by atoms with Gasteiger partial charge in [0.2, 0.25) is 0 Å². The number of carbonyl (C=O) groups is 3. The zero-order chi connectivity index (χ0) is 15.5. The number of ether oxygens (including phenoxy) is 1. The number of nitrogens with zero attached hydrogens (tertiary/aromatic N) is 2. The maximum atomic E-state index is 11.6. The van der Waals surface area contributed by atoms with Crippen LogP contribution in [0.3, 0.4) is 0 Å². The van der Waals surface area contributed by atoms with E-state index in [1.54, 1.807) is 0 Å². The van der Waals surface area contributed by atoms with Crippen molar-refractivity contribution in [2.75, 3.05) is 6.61 Å². The molecule has 0 spiro atoms. The predicted octanol–water partition coefficient (Wildman–Crippen LogP) is 2.13. The van der Waals surface area contributed by atoms with Crippen LogP contribution < -0.4 is 0 Å². The molecular weight excluding hydrogens is 272 g/mol. The second-order valence-electron chi connectivity index (χ2n) is 4.71. The standard InChI is InChI=1S/C15H20N2O4/c1-2-3-5-12(18)6-4-7-13(19)10-21-15(20)14-8-9-16-11-17-14/h8-9,11H,2-7,10H2,1H3. The van der Waals surface area contributed by atoms with Gasteiger partial charge in [0.25, 0.3) is 0 Å². The van der Waals surface area contributed by atoms with Gasteiger partial charge in [-0.05, 0) is 18.9 Å². The second kappa shape index (κ2) is 9.74. The third-order valence-electron chi connectivity index (χ3n) is 2.88. The summed E-state index contributed by atoms with van der Waals surface area (Å²) in [5, 5.41) is 0. The van der Waals surface area contributed by atoms with E-state index in [-0.39, 0.29) is 30.3 Å². The Balaban J connectivity index is 2.17. The summed E-state index contributed by atoms with van der Waals surface area (Å²) in [6.45, 7) is 1.74. The van der Waals surface area contributed by atoms with Crippen molar-refractivity contribution in [2.24, 2.45) is 0 Å². The van der Waals surface area contributed by atoms with Crippen LogP contribution in [-0.2, 0) is 14.3 Å². The summed E-state index contributed by atoms with van der Waals surface area (Å²) in [7, 11) is 0. The first-order chi connectivity index (χ1) is 10.1. The van der Waals surface area contributed by atoms with Crippen molar-refractivity contribution in [3.05, 3.63) is 24.3 Å². The van der Waals surface area contributed by atoms with Gasteiger partial charge in [-0.15, -0.1) is 0 Å². The summed E-state index contributed by atoms with van der Waals surface area (Å²) in [5.41, 5.74) is 0.118. The zero-order valence-electron chi connectivity index (χ0n) is 12.2. The molecule has 0 unspecified atom stereocenters. The van der Waals surface area contributed by atoms with Gasteiger partial charge in [0.15, 0.2) is 11.5 Å². The molecule has 0 aliphatic carbocycles. The van der Waals surface area contributed by atoms with Crippen LogP contribution in [0.1, 0.15) is 55.9 Å². The molecule has 6 heteroatoms. The number of hydrogen-bond acceptors (Lipinski definition) is 6. The fraction of sp³-hybridized carbons (Fsp3) is 0.533. The van der Waals surface area contributed by atoms with Gasteiger partial charge in [0.1, 0.15) is 18.7 Å². The summed E-state index contributed by atoms with van der Waals surface area (Å²) in [6.07, 6.45) is 6.28. The van der Waals surface area contributed by atoms with Gasteiger partial charge in [-0.2, -0.15) is 0 Å². The smallest absolute Gasteiger partial charge is 0.357 e. The normalized spacial score (nSPS) is 10.1. The van der Waals surface area contributed by atoms with E-state index in [9.17, 15) is 14.4 Å². The molecule has 0 aliphatic rings. The topological polar surface area (TPSA) is 86.2 Å². The molecule has 0 atom stereocenters. The highest BCUT2D eigenvalue weighted by molar-refractivity contribution is 5.89. The van der Waals surface area contributed by atoms with Gasteiger partial charge < -0.3 is 4.74 Å². The molecule has 0 amide bonds. The highest BCUT2D eigenvalue weighted by Gasteiger charge is 2.11. The Bertz CT molecular complexity index is 474. The lowest BCUT2D eigenvalue weighted by atomic mass is 10.1. The fourth-order valence-corrected chi connectivity index (χ4v) is 1.69. The van der Waals surface area contributed by atoms with Gasteiger partial charge in [-0.1, -0.05) is 13.3 Å². The van der Waals surface area contributed by atoms with E-state index in [0.717, 1.165) is 12.8 Å². The molecule has 0 saturated carbocycles. The molecule has 6 nitrogen and oxygen atoms in total. The maximum Gasteiger partial charge on any atom is 0.357 e. The number of esters is 1. The molecular formula is C15H20N2O4. The number of unbranched alkanes of at least 4 members (excludes halogenated alkanes) is 1. The Kier molecular flexibility index (Phi) is 7.86. The Morgan fingerprint density at radius 3 is 2.48 bits per heavy atom. The van der Waals surface area contributed by atoms with Crippen molar-refractivity contribution in [2.45, 2.75) is 45.4 Å². The minimum absolute atomic E-state index is 0.118. The molecule has 0 N–H and O–H groups in total. The lowest BCUT2D eigenvalue weighted by Crippen LogP contribution is -2.15. The Hall–Kier alpha value is -2.11. The van der Waals surface area contributed by atoms with E-state index in [2.05, 4.69) is 9.97 Å². The predicted molar refractivity (Wildman–Crippen MR) is 75.7 cm³/mol. The van der Waals surface area contributed by atoms with Crippen LogP contribution in [-0.4, -0.2) is 34.1 Å². The van der Waals surface area contributed by atoms with E-state index < -0.39 is 5.97 Å². The number of Topliss-reactive ketones (excluding diaryl/α,β-unsaturated/α-hetero) is 2. The first kappa shape index (κ1) is 16.9. The molecule has 0 aliphatic heterocycles. The summed E-state index contributed by atoms with van der Waals surface area (Å²) in [4.78, 5) is 41.9. The Morgan fingerprint density at radius 1 is 1.10 bits per heavy atom. The molecule has 0 fully saturated rings. The van der Waals surface area contributed by atoms with Crippen LogP contribution >= 0.6 is 0 Å². The maximum absolute atomic E-state index is 11.6. The highest BCUT2D eigenvalue weighted by Crippen LogP contribution is 2.04. The molecule has 1 rings (SSSR count). The minimum atomic E-state index is -0.648. The van der Waals surface area contributed by atoms with E-state index in [1.165, 1.54) is 18.6 Å². The number of carbonyl (C=O) groups excluding carboxylic acids is 3. The van der Waals surface area contributed by atoms with E-state index in [4.69, 9.17) is 4.74 Å². The number of ketones is 2. The molecule has 0 radical (unpaired) electrons. The van der Waals surface area contributed by atoms with E-state index in [1.807, 2.05) is 6.92 Å². The van der Waals surface area contributed by atoms with Gasteiger partial charge in [0.05, 0.1) is 0 Å². The van der Waals surface area contributed by atoms with Crippen LogP contribution in [0.15, 0.2) is 18.6 Å². The second-order valence-corrected chi connectivity index (χ2v) is 4.71. The van der Waals surface area contributed by atoms with Crippen LogP contribution in [0.5, 0.6) is 0 Å². The highest BCUT2D eigenvalue weighted by atomic mass is 16.5. The third kappa shape index (κ3) is 7.29. The van der Waals surface area contributed by atoms with Gasteiger partial charge in [0, 0.05) is 25.5 Å². The molecule has 1 aromatic heterocycles. The van der Waals surface area contributed by atoms with Crippen LogP contribution in [0, 0.1) is 0 Å². The average Bonchev–Trinajstić information content (AvgIpc) is 2.51. The van der Waals surface area contributed by atoms with Crippen molar-refractivity contribution in [3.8, 4) is 0 Å². The minimum Gasteiger partial charge on any atom is -0.453 e. The van der Waals surface area contributed by atoms with Gasteiger partial charge >= 0.3 is 5.97 Å². The average molecular weight is 292 g/mol. The lowest BCUT2D eigenvalue weighted by Gasteiger charge is -2.03. The molecule has 114 valence electrons. The summed E-state index contributed by atoms with van der Waals surface area (Å²) >= 11 is 0. The third-order valence-corrected chi connectivity index (χ3v) is 2.88. The molecule has 1 heterocycles. The summed E-state index contributed by atoms with van der Waals surface area (Å²) in [6, 6.07) is 1.42. The van der Waals surface area contributed by atoms with Crippen molar-refractivity contribution in [1.29, 1.82) is 0 Å². The van der Waals surface area contributed by atoms with E-state index >= 15 is 0 Å². The Labute approximate surface area is 123 Å². The van der Waals surface area contributed by atoms with Crippen LogP contribution in [0.4, 0.5) is 0 Å². The van der Waals surface area contributed by atoms with Crippen molar-refractivity contribution >= 4 is 17.5 Å².